The lowest BCUT2D eigenvalue weighted by atomic mass is 10.2. The van der Waals surface area contributed by atoms with E-state index in [1.54, 1.807) is 28.9 Å². The van der Waals surface area contributed by atoms with Gasteiger partial charge in [-0.25, -0.2) is 4.98 Å². The zero-order valence-electron chi connectivity index (χ0n) is 11.2. The number of anilines is 1. The van der Waals surface area contributed by atoms with E-state index in [9.17, 15) is 4.79 Å². The summed E-state index contributed by atoms with van der Waals surface area (Å²) in [5, 5.41) is 7.19. The van der Waals surface area contributed by atoms with Gasteiger partial charge in [0.1, 0.15) is 0 Å². The number of aromatic nitrogens is 2. The van der Waals surface area contributed by atoms with Crippen molar-refractivity contribution < 1.29 is 0 Å². The van der Waals surface area contributed by atoms with Crippen LogP contribution in [0.1, 0.15) is 20.3 Å². The van der Waals surface area contributed by atoms with Crippen LogP contribution in [0.3, 0.4) is 0 Å². The van der Waals surface area contributed by atoms with Crippen LogP contribution in [0.2, 0.25) is 0 Å². The molecular weight excluding hydrogens is 230 g/mol. The molecule has 1 aromatic rings. The van der Waals surface area contributed by atoms with Gasteiger partial charge in [0.15, 0.2) is 5.82 Å². The molecule has 0 saturated heterocycles. The van der Waals surface area contributed by atoms with Gasteiger partial charge in [-0.3, -0.25) is 10.2 Å². The number of rotatable bonds is 6. The Balaban J connectivity index is 2.89. The molecule has 0 radical (unpaired) electrons. The van der Waals surface area contributed by atoms with Crippen LogP contribution >= 0.6 is 0 Å². The third-order valence-corrected chi connectivity index (χ3v) is 2.54. The van der Waals surface area contributed by atoms with Gasteiger partial charge in [-0.1, -0.05) is 13.8 Å². The first-order chi connectivity index (χ1) is 8.41. The van der Waals surface area contributed by atoms with E-state index in [0.29, 0.717) is 31.2 Å². The molecule has 1 heterocycles. The monoisotopic (exact) mass is 251 g/mol. The summed E-state index contributed by atoms with van der Waals surface area (Å²) >= 11 is 0. The highest BCUT2D eigenvalue weighted by molar-refractivity contribution is 5.77. The average molecular weight is 251 g/mol. The highest BCUT2D eigenvalue weighted by atomic mass is 16.1. The van der Waals surface area contributed by atoms with Crippen LogP contribution in [0.5, 0.6) is 0 Å². The average Bonchev–Trinajstić information content (AvgIpc) is 2.28. The van der Waals surface area contributed by atoms with Crippen molar-refractivity contribution in [3.63, 3.8) is 0 Å². The van der Waals surface area contributed by atoms with Crippen LogP contribution in [0.15, 0.2) is 17.2 Å². The van der Waals surface area contributed by atoms with Gasteiger partial charge in [0.2, 0.25) is 0 Å². The molecule has 6 heteroatoms. The van der Waals surface area contributed by atoms with Crippen LogP contribution in [0.25, 0.3) is 0 Å². The molecule has 0 unspecified atom stereocenters. The summed E-state index contributed by atoms with van der Waals surface area (Å²) in [6.07, 6.45) is 3.75. The minimum Gasteiger partial charge on any atom is -0.388 e. The van der Waals surface area contributed by atoms with Gasteiger partial charge in [-0.05, 0) is 5.92 Å². The van der Waals surface area contributed by atoms with Crippen molar-refractivity contribution in [2.24, 2.45) is 11.7 Å². The third kappa shape index (κ3) is 3.87. The molecule has 0 aromatic carbocycles. The van der Waals surface area contributed by atoms with E-state index in [-0.39, 0.29) is 11.4 Å². The summed E-state index contributed by atoms with van der Waals surface area (Å²) in [6.45, 7) is 5.32. The summed E-state index contributed by atoms with van der Waals surface area (Å²) in [5.41, 5.74) is 5.21. The van der Waals surface area contributed by atoms with Gasteiger partial charge < -0.3 is 15.2 Å². The second-order valence-corrected chi connectivity index (χ2v) is 4.80. The lowest BCUT2D eigenvalue weighted by molar-refractivity contribution is 0.508. The first-order valence-electron chi connectivity index (χ1n) is 6.01. The molecule has 0 amide bonds. The van der Waals surface area contributed by atoms with Crippen molar-refractivity contribution in [3.05, 3.63) is 22.7 Å². The summed E-state index contributed by atoms with van der Waals surface area (Å²) in [5.74, 6) is 0.917. The molecule has 0 fully saturated rings. The second kappa shape index (κ2) is 6.18. The van der Waals surface area contributed by atoms with Crippen LogP contribution in [0, 0.1) is 11.3 Å². The molecule has 0 atom stereocenters. The number of nitrogens with two attached hydrogens (primary N) is 1. The van der Waals surface area contributed by atoms with Crippen molar-refractivity contribution in [3.8, 4) is 0 Å². The molecular formula is C12H21N5O. The maximum absolute atomic E-state index is 12.2. The molecule has 0 bridgehead atoms. The maximum atomic E-state index is 12.2. The van der Waals surface area contributed by atoms with Crippen LogP contribution in [-0.2, 0) is 6.54 Å². The fraction of sp³-hybridized carbons (Fsp3) is 0.583. The molecule has 1 rings (SSSR count). The van der Waals surface area contributed by atoms with Gasteiger partial charge in [-0.2, -0.15) is 0 Å². The number of hydrogen-bond acceptors (Lipinski definition) is 4. The van der Waals surface area contributed by atoms with Gasteiger partial charge in [0, 0.05) is 39.0 Å². The summed E-state index contributed by atoms with van der Waals surface area (Å²) in [7, 11) is 1.78. The van der Waals surface area contributed by atoms with E-state index in [2.05, 4.69) is 18.8 Å². The third-order valence-electron chi connectivity index (χ3n) is 2.54. The Morgan fingerprint density at radius 1 is 1.61 bits per heavy atom. The quantitative estimate of drug-likeness (QED) is 0.574. The topological polar surface area (TPSA) is 88.0 Å². The Labute approximate surface area is 107 Å². The van der Waals surface area contributed by atoms with Crippen molar-refractivity contribution in [1.29, 1.82) is 5.41 Å². The predicted molar refractivity (Wildman–Crippen MR) is 73.1 cm³/mol. The Morgan fingerprint density at radius 2 is 2.28 bits per heavy atom. The standard InChI is InChI=1S/C12H21N5O/c1-9(2)8-17-7-5-15-11(12(17)18)16(3)6-4-10(13)14/h5,7,9H,4,6,8H2,1-3H3,(H3,13,14). The molecule has 3 N–H and O–H groups in total. The van der Waals surface area contributed by atoms with Gasteiger partial charge in [0.05, 0.1) is 5.84 Å². The SMILES string of the molecule is CC(C)Cn1ccnc(N(C)CCC(=N)N)c1=O. The second-order valence-electron chi connectivity index (χ2n) is 4.80. The van der Waals surface area contributed by atoms with Crippen LogP contribution < -0.4 is 16.2 Å². The van der Waals surface area contributed by atoms with Gasteiger partial charge >= 0.3 is 0 Å². The highest BCUT2D eigenvalue weighted by Gasteiger charge is 2.10. The number of nitrogens with one attached hydrogen (secondary N) is 1. The minimum atomic E-state index is -0.0998. The van der Waals surface area contributed by atoms with Crippen molar-refractivity contribution in [2.45, 2.75) is 26.8 Å². The summed E-state index contributed by atoms with van der Waals surface area (Å²) in [6, 6.07) is 0. The Bertz CT molecular complexity index is 466. The molecule has 0 aliphatic heterocycles. The first-order valence-corrected chi connectivity index (χ1v) is 6.01. The zero-order chi connectivity index (χ0) is 13.7. The summed E-state index contributed by atoms with van der Waals surface area (Å²) < 4.78 is 1.66. The molecule has 0 aliphatic rings. The normalized spacial score (nSPS) is 10.7. The van der Waals surface area contributed by atoms with Crippen LogP contribution in [-0.4, -0.2) is 29.0 Å². The lowest BCUT2D eigenvalue weighted by Gasteiger charge is -2.18. The van der Waals surface area contributed by atoms with Crippen molar-refractivity contribution in [1.82, 2.24) is 9.55 Å². The largest absolute Gasteiger partial charge is 0.388 e. The van der Waals surface area contributed by atoms with Crippen molar-refractivity contribution in [2.75, 3.05) is 18.5 Å². The van der Waals surface area contributed by atoms with E-state index >= 15 is 0 Å². The lowest BCUT2D eigenvalue weighted by Crippen LogP contribution is -2.33. The smallest absolute Gasteiger partial charge is 0.293 e. The number of amidine groups is 1. The van der Waals surface area contributed by atoms with Crippen molar-refractivity contribution >= 4 is 11.7 Å². The molecule has 0 saturated carbocycles. The first kappa shape index (κ1) is 14.2. The summed E-state index contributed by atoms with van der Waals surface area (Å²) in [4.78, 5) is 18.0. The Morgan fingerprint density at radius 3 is 2.83 bits per heavy atom. The molecule has 6 nitrogen and oxygen atoms in total. The highest BCUT2D eigenvalue weighted by Crippen LogP contribution is 2.03. The number of hydrogen-bond donors (Lipinski definition) is 2. The zero-order valence-corrected chi connectivity index (χ0v) is 11.2. The van der Waals surface area contributed by atoms with E-state index in [0.717, 1.165) is 0 Å². The Kier molecular flexibility index (Phi) is 4.88. The minimum absolute atomic E-state index is 0.0998. The van der Waals surface area contributed by atoms with E-state index in [1.807, 2.05) is 0 Å². The molecule has 1 aromatic heterocycles. The van der Waals surface area contributed by atoms with Crippen LogP contribution in [0.4, 0.5) is 5.82 Å². The molecule has 100 valence electrons. The predicted octanol–water partition coefficient (Wildman–Crippen LogP) is 0.662. The van der Waals surface area contributed by atoms with E-state index in [1.165, 1.54) is 0 Å². The maximum Gasteiger partial charge on any atom is 0.293 e. The van der Waals surface area contributed by atoms with E-state index < -0.39 is 0 Å². The molecule has 0 spiro atoms. The fourth-order valence-electron chi connectivity index (χ4n) is 1.63. The fourth-order valence-corrected chi connectivity index (χ4v) is 1.63. The molecule has 0 aliphatic carbocycles. The van der Waals surface area contributed by atoms with E-state index in [4.69, 9.17) is 11.1 Å². The Hall–Kier alpha value is -1.85. The number of nitrogens with zero attached hydrogens (tertiary/aromatic N) is 3. The van der Waals surface area contributed by atoms with Gasteiger partial charge in [0.25, 0.3) is 5.56 Å². The van der Waals surface area contributed by atoms with Gasteiger partial charge in [-0.15, -0.1) is 0 Å². The molecule has 18 heavy (non-hydrogen) atoms.